The van der Waals surface area contributed by atoms with Gasteiger partial charge in [0.1, 0.15) is 6.61 Å². The van der Waals surface area contributed by atoms with Gasteiger partial charge in [-0.3, -0.25) is 14.6 Å². The minimum Gasteiger partial charge on any atom is -0.493 e. The minimum atomic E-state index is -0.713. The van der Waals surface area contributed by atoms with Crippen LogP contribution in [0.3, 0.4) is 0 Å². The van der Waals surface area contributed by atoms with Crippen LogP contribution in [-0.2, 0) is 11.4 Å². The molecule has 0 radical (unpaired) electrons. The Balaban J connectivity index is 1.53. The molecule has 1 aromatic heterocycles. The molecule has 0 saturated heterocycles. The van der Waals surface area contributed by atoms with E-state index < -0.39 is 17.2 Å². The van der Waals surface area contributed by atoms with Gasteiger partial charge < -0.3 is 9.47 Å². The number of hydrogen-bond donors (Lipinski definition) is 3. The van der Waals surface area contributed by atoms with Gasteiger partial charge in [-0.25, -0.2) is 15.3 Å². The van der Waals surface area contributed by atoms with Crippen LogP contribution in [-0.4, -0.2) is 40.2 Å². The first-order valence-corrected chi connectivity index (χ1v) is 10.0. The van der Waals surface area contributed by atoms with Crippen LogP contribution in [0.25, 0.3) is 0 Å². The number of hydrazone groups is 1. The molecule has 0 bridgehead atoms. The van der Waals surface area contributed by atoms with E-state index in [2.05, 4.69) is 20.7 Å². The molecule has 1 amide bonds. The van der Waals surface area contributed by atoms with Crippen LogP contribution in [0, 0.1) is 0 Å². The second kappa shape index (κ2) is 10.8. The highest BCUT2D eigenvalue weighted by molar-refractivity contribution is 7.99. The number of hydrogen-bond acceptors (Lipinski definition) is 8. The molecule has 3 N–H and O–H groups in total. The molecule has 0 aliphatic carbocycles. The summed E-state index contributed by atoms with van der Waals surface area (Å²) < 4.78 is 11.2. The highest BCUT2D eigenvalue weighted by Crippen LogP contribution is 2.28. The first kappa shape index (κ1) is 21.8. The average Bonchev–Trinajstić information content (AvgIpc) is 2.78. The summed E-state index contributed by atoms with van der Waals surface area (Å²) >= 11 is 0.874. The number of nitrogens with zero attached hydrogens (tertiary/aromatic N) is 2. The van der Waals surface area contributed by atoms with Gasteiger partial charge in [0.2, 0.25) is 5.91 Å². The number of aromatic amines is 2. The van der Waals surface area contributed by atoms with Gasteiger partial charge in [0.15, 0.2) is 16.5 Å². The van der Waals surface area contributed by atoms with Gasteiger partial charge in [0, 0.05) is 0 Å². The number of ether oxygens (including phenoxy) is 2. The Hall–Kier alpha value is -3.86. The molecule has 0 saturated carbocycles. The van der Waals surface area contributed by atoms with E-state index in [1.54, 1.807) is 18.2 Å². The molecule has 0 aliphatic rings. The molecule has 11 heteroatoms. The Labute approximate surface area is 180 Å². The Morgan fingerprint density at radius 1 is 1.19 bits per heavy atom. The largest absolute Gasteiger partial charge is 0.493 e. The topological polar surface area (TPSA) is 139 Å². The highest BCUT2D eigenvalue weighted by atomic mass is 32.2. The van der Waals surface area contributed by atoms with E-state index in [4.69, 9.17) is 9.47 Å². The lowest BCUT2D eigenvalue weighted by molar-refractivity contribution is -0.118. The Kier molecular flexibility index (Phi) is 7.60. The number of carbonyl (C=O) groups is 1. The molecule has 0 atom stereocenters. The van der Waals surface area contributed by atoms with Crippen molar-refractivity contribution in [1.82, 2.24) is 20.6 Å². The van der Waals surface area contributed by atoms with Crippen LogP contribution < -0.4 is 26.1 Å². The summed E-state index contributed by atoms with van der Waals surface area (Å²) in [6.07, 6.45) is 1.46. The molecule has 2 aromatic carbocycles. The summed E-state index contributed by atoms with van der Waals surface area (Å²) in [5.41, 5.74) is 2.71. The van der Waals surface area contributed by atoms with Crippen molar-refractivity contribution in [3.8, 4) is 11.5 Å². The maximum Gasteiger partial charge on any atom is 0.342 e. The number of nitrogens with one attached hydrogen (secondary N) is 3. The number of rotatable bonds is 9. The molecule has 3 aromatic rings. The van der Waals surface area contributed by atoms with E-state index in [1.807, 2.05) is 35.3 Å². The zero-order valence-corrected chi connectivity index (χ0v) is 17.3. The molecule has 0 spiro atoms. The van der Waals surface area contributed by atoms with E-state index in [-0.39, 0.29) is 10.8 Å². The third kappa shape index (κ3) is 6.57. The van der Waals surface area contributed by atoms with Crippen LogP contribution in [0.2, 0.25) is 0 Å². The third-order valence-corrected chi connectivity index (χ3v) is 4.80. The van der Waals surface area contributed by atoms with Crippen LogP contribution in [0.1, 0.15) is 11.1 Å². The van der Waals surface area contributed by atoms with Crippen molar-refractivity contribution in [2.75, 3.05) is 12.9 Å². The van der Waals surface area contributed by atoms with Crippen molar-refractivity contribution in [2.45, 2.75) is 11.6 Å². The van der Waals surface area contributed by atoms with Gasteiger partial charge in [-0.15, -0.1) is 0 Å². The number of thioether (sulfide) groups is 1. The smallest absolute Gasteiger partial charge is 0.342 e. The van der Waals surface area contributed by atoms with Crippen molar-refractivity contribution in [1.29, 1.82) is 0 Å². The number of aromatic nitrogens is 3. The van der Waals surface area contributed by atoms with Crippen LogP contribution in [0.15, 0.2) is 68.2 Å². The van der Waals surface area contributed by atoms with Crippen molar-refractivity contribution < 1.29 is 14.3 Å². The van der Waals surface area contributed by atoms with Crippen LogP contribution >= 0.6 is 11.8 Å². The van der Waals surface area contributed by atoms with E-state index >= 15 is 0 Å². The van der Waals surface area contributed by atoms with Crippen molar-refractivity contribution in [3.63, 3.8) is 0 Å². The van der Waals surface area contributed by atoms with Crippen molar-refractivity contribution in [2.24, 2.45) is 5.10 Å². The van der Waals surface area contributed by atoms with Gasteiger partial charge in [-0.05, 0) is 29.3 Å². The summed E-state index contributed by atoms with van der Waals surface area (Å²) in [7, 11) is 1.54. The molecule has 1 heterocycles. The second-order valence-corrected chi connectivity index (χ2v) is 7.04. The number of methoxy groups -OCH3 is 1. The van der Waals surface area contributed by atoms with Gasteiger partial charge in [0.25, 0.3) is 5.56 Å². The van der Waals surface area contributed by atoms with Gasteiger partial charge in [0.05, 0.1) is 19.1 Å². The summed E-state index contributed by atoms with van der Waals surface area (Å²) in [6.45, 7) is 0.408. The van der Waals surface area contributed by atoms with E-state index in [0.717, 1.165) is 17.3 Å². The monoisotopic (exact) mass is 441 g/mol. The van der Waals surface area contributed by atoms with Gasteiger partial charge in [-0.1, -0.05) is 42.1 Å². The molecule has 0 unspecified atom stereocenters. The highest BCUT2D eigenvalue weighted by Gasteiger charge is 2.08. The lowest BCUT2D eigenvalue weighted by Gasteiger charge is -2.11. The first-order chi connectivity index (χ1) is 15.0. The Bertz CT molecular complexity index is 1180. The summed E-state index contributed by atoms with van der Waals surface area (Å²) in [6, 6.07) is 15.0. The summed E-state index contributed by atoms with van der Waals surface area (Å²) in [5.74, 6) is 0.575. The number of carbonyl (C=O) groups excluding carboxylic acids is 1. The maximum atomic E-state index is 11.9. The molecular weight excluding hydrogens is 422 g/mol. The number of H-pyrrole nitrogens is 2. The lowest BCUT2D eigenvalue weighted by atomic mass is 10.2. The fourth-order valence-electron chi connectivity index (χ4n) is 2.40. The Morgan fingerprint density at radius 2 is 2.00 bits per heavy atom. The zero-order chi connectivity index (χ0) is 22.1. The zero-order valence-electron chi connectivity index (χ0n) is 16.5. The summed E-state index contributed by atoms with van der Waals surface area (Å²) in [4.78, 5) is 36.4. The SMILES string of the molecule is COc1cc(/C=N\NC(=O)CSc2n[nH]c(=O)[nH]c2=O)ccc1OCc1ccccc1. The first-order valence-electron chi connectivity index (χ1n) is 9.03. The van der Waals surface area contributed by atoms with Crippen molar-refractivity contribution >= 4 is 23.9 Å². The average molecular weight is 441 g/mol. The number of benzene rings is 2. The quantitative estimate of drug-likeness (QED) is 0.258. The molecule has 31 heavy (non-hydrogen) atoms. The van der Waals surface area contributed by atoms with E-state index in [0.29, 0.717) is 23.7 Å². The number of amides is 1. The second-order valence-electron chi connectivity index (χ2n) is 6.08. The molecule has 3 rings (SSSR count). The molecule has 10 nitrogen and oxygen atoms in total. The predicted molar refractivity (Wildman–Crippen MR) is 116 cm³/mol. The Morgan fingerprint density at radius 3 is 2.74 bits per heavy atom. The normalized spacial score (nSPS) is 10.7. The van der Waals surface area contributed by atoms with E-state index in [9.17, 15) is 14.4 Å². The fraction of sp³-hybridized carbons (Fsp3) is 0.150. The summed E-state index contributed by atoms with van der Waals surface area (Å²) in [5, 5.41) is 9.55. The maximum absolute atomic E-state index is 11.9. The lowest BCUT2D eigenvalue weighted by Crippen LogP contribution is -2.26. The molecular formula is C20H19N5O5S. The molecule has 160 valence electrons. The van der Waals surface area contributed by atoms with Crippen molar-refractivity contribution in [3.05, 3.63) is 80.5 Å². The van der Waals surface area contributed by atoms with Crippen LogP contribution in [0.4, 0.5) is 0 Å². The van der Waals surface area contributed by atoms with Gasteiger partial charge in [-0.2, -0.15) is 10.2 Å². The third-order valence-electron chi connectivity index (χ3n) is 3.85. The van der Waals surface area contributed by atoms with E-state index in [1.165, 1.54) is 13.3 Å². The predicted octanol–water partition coefficient (Wildman–Crippen LogP) is 1.29. The minimum absolute atomic E-state index is 0.0189. The molecule has 0 fully saturated rings. The standard InChI is InChI=1S/C20H19N5O5S/c1-29-16-9-14(7-8-15(16)30-11-13-5-3-2-4-6-13)10-21-23-17(26)12-31-19-18(27)22-20(28)25-24-19/h2-10H,11-12H2,1H3,(H,23,26)(H2,22,25,27,28)/b21-10-. The van der Waals surface area contributed by atoms with Crippen LogP contribution in [0.5, 0.6) is 11.5 Å². The fourth-order valence-corrected chi connectivity index (χ4v) is 3.02. The molecule has 0 aliphatic heterocycles. The van der Waals surface area contributed by atoms with Gasteiger partial charge >= 0.3 is 5.69 Å².